The number of carbonyl (C=O) groups excluding carboxylic acids is 1. The van der Waals surface area contributed by atoms with E-state index in [0.29, 0.717) is 11.6 Å². The van der Waals surface area contributed by atoms with Gasteiger partial charge in [0.2, 0.25) is 5.91 Å². The van der Waals surface area contributed by atoms with Gasteiger partial charge in [0, 0.05) is 16.1 Å². The molecule has 0 spiro atoms. The fraction of sp³-hybridized carbons (Fsp3) is 0.316. The summed E-state index contributed by atoms with van der Waals surface area (Å²) in [5.74, 6) is -0.426. The third kappa shape index (κ3) is 9.55. The van der Waals surface area contributed by atoms with Crippen molar-refractivity contribution in [3.05, 3.63) is 68.6 Å². The number of hydrogen-bond acceptors (Lipinski definition) is 3. The van der Waals surface area contributed by atoms with Crippen LogP contribution in [0.2, 0.25) is 10.0 Å². The fourth-order valence-electron chi connectivity index (χ4n) is 2.15. The highest BCUT2D eigenvalue weighted by atomic mass is 79.9. The SMILES string of the molecule is CCOC(CCc1ccc(Cl)cc1)CC(=O)NO.Clc1ccccc1Br. The van der Waals surface area contributed by atoms with E-state index in [2.05, 4.69) is 15.9 Å². The van der Waals surface area contributed by atoms with Crippen LogP contribution >= 0.6 is 39.1 Å². The number of hydrogen-bond donors (Lipinski definition) is 2. The molecule has 2 N–H and O–H groups in total. The van der Waals surface area contributed by atoms with Gasteiger partial charge in [-0.05, 0) is 65.5 Å². The minimum Gasteiger partial charge on any atom is -0.378 e. The van der Waals surface area contributed by atoms with E-state index in [1.165, 1.54) is 0 Å². The summed E-state index contributed by atoms with van der Waals surface area (Å²) in [5, 5.41) is 9.96. The molecule has 0 bridgehead atoms. The maximum atomic E-state index is 11.1. The smallest absolute Gasteiger partial charge is 0.245 e. The Balaban J connectivity index is 0.000000350. The quantitative estimate of drug-likeness (QED) is 0.411. The monoisotopic (exact) mass is 461 g/mol. The third-order valence-corrected chi connectivity index (χ3v) is 4.93. The molecule has 0 radical (unpaired) electrons. The highest BCUT2D eigenvalue weighted by Gasteiger charge is 2.13. The molecular formula is C19H22BrCl2NO3. The summed E-state index contributed by atoms with van der Waals surface area (Å²) >= 11 is 14.7. The molecule has 0 saturated carbocycles. The van der Waals surface area contributed by atoms with Crippen molar-refractivity contribution >= 4 is 45.0 Å². The van der Waals surface area contributed by atoms with Crippen LogP contribution in [0.4, 0.5) is 0 Å². The van der Waals surface area contributed by atoms with Crippen LogP contribution in [0.25, 0.3) is 0 Å². The van der Waals surface area contributed by atoms with Crippen molar-refractivity contribution in [3.8, 4) is 0 Å². The predicted octanol–water partition coefficient (Wildman–Crippen LogP) is 5.68. The third-order valence-electron chi connectivity index (χ3n) is 3.43. The molecule has 0 aliphatic heterocycles. The average molecular weight is 463 g/mol. The lowest BCUT2D eigenvalue weighted by Gasteiger charge is -2.15. The molecule has 2 aromatic rings. The number of ether oxygens (including phenoxy) is 1. The molecule has 0 aromatic heterocycles. The number of rotatable bonds is 7. The molecule has 4 nitrogen and oxygen atoms in total. The van der Waals surface area contributed by atoms with E-state index in [9.17, 15) is 4.79 Å². The lowest BCUT2D eigenvalue weighted by Crippen LogP contribution is -2.26. The maximum absolute atomic E-state index is 11.1. The van der Waals surface area contributed by atoms with Crippen molar-refractivity contribution in [2.24, 2.45) is 0 Å². The van der Waals surface area contributed by atoms with Crippen molar-refractivity contribution in [2.45, 2.75) is 32.3 Å². The number of carbonyl (C=O) groups is 1. The van der Waals surface area contributed by atoms with E-state index in [4.69, 9.17) is 33.1 Å². The van der Waals surface area contributed by atoms with E-state index in [1.54, 1.807) is 5.48 Å². The zero-order valence-electron chi connectivity index (χ0n) is 14.4. The Bertz CT molecular complexity index is 647. The molecule has 2 rings (SSSR count). The van der Waals surface area contributed by atoms with Crippen molar-refractivity contribution in [2.75, 3.05) is 6.61 Å². The molecule has 0 saturated heterocycles. The summed E-state index contributed by atoms with van der Waals surface area (Å²) in [7, 11) is 0. The summed E-state index contributed by atoms with van der Waals surface area (Å²) < 4.78 is 6.41. The number of aryl methyl sites for hydroxylation is 1. The number of hydroxylamine groups is 1. The van der Waals surface area contributed by atoms with Crippen molar-refractivity contribution in [3.63, 3.8) is 0 Å². The number of halogens is 3. The molecule has 7 heteroatoms. The Morgan fingerprint density at radius 3 is 2.35 bits per heavy atom. The Morgan fingerprint density at radius 1 is 1.19 bits per heavy atom. The number of benzene rings is 2. The van der Waals surface area contributed by atoms with E-state index in [1.807, 2.05) is 55.5 Å². The normalized spacial score (nSPS) is 11.3. The van der Waals surface area contributed by atoms with E-state index < -0.39 is 5.91 Å². The molecular weight excluding hydrogens is 441 g/mol. The zero-order chi connectivity index (χ0) is 19.4. The van der Waals surface area contributed by atoms with E-state index in [0.717, 1.165) is 27.9 Å². The Hall–Kier alpha value is -1.11. The van der Waals surface area contributed by atoms with Crippen molar-refractivity contribution in [1.29, 1.82) is 0 Å². The largest absolute Gasteiger partial charge is 0.378 e. The molecule has 0 aliphatic carbocycles. The molecule has 142 valence electrons. The van der Waals surface area contributed by atoms with E-state index in [-0.39, 0.29) is 12.5 Å². The summed E-state index contributed by atoms with van der Waals surface area (Å²) in [4.78, 5) is 11.1. The fourth-order valence-corrected chi connectivity index (χ4v) is 2.70. The van der Waals surface area contributed by atoms with Gasteiger partial charge in [-0.1, -0.05) is 47.5 Å². The van der Waals surface area contributed by atoms with Crippen LogP contribution in [0.15, 0.2) is 53.0 Å². The van der Waals surface area contributed by atoms with E-state index >= 15 is 0 Å². The van der Waals surface area contributed by atoms with Gasteiger partial charge in [0.15, 0.2) is 0 Å². The first-order chi connectivity index (χ1) is 12.5. The second-order valence-electron chi connectivity index (χ2n) is 5.40. The molecule has 0 aliphatic rings. The molecule has 1 unspecified atom stereocenters. The van der Waals surface area contributed by atoms with Crippen LogP contribution in [0.3, 0.4) is 0 Å². The Kier molecular flexibility index (Phi) is 11.6. The van der Waals surface area contributed by atoms with Gasteiger partial charge in [-0.2, -0.15) is 0 Å². The second kappa shape index (κ2) is 13.1. The van der Waals surface area contributed by atoms with Gasteiger partial charge in [0.05, 0.1) is 17.5 Å². The maximum Gasteiger partial charge on any atom is 0.245 e. The standard InChI is InChI=1S/C13H18ClNO3.C6H4BrCl/c1-2-18-12(9-13(16)15-17)8-5-10-3-6-11(14)7-4-10;7-5-3-1-2-4-6(5)8/h3-4,6-7,12,17H,2,5,8-9H2,1H3,(H,15,16);1-4H. The van der Waals surface area contributed by atoms with Crippen LogP contribution in [-0.2, 0) is 16.0 Å². The minimum atomic E-state index is -0.426. The van der Waals surface area contributed by atoms with Crippen LogP contribution in [0.1, 0.15) is 25.3 Å². The molecule has 26 heavy (non-hydrogen) atoms. The zero-order valence-corrected chi connectivity index (χ0v) is 17.5. The molecule has 0 heterocycles. The predicted molar refractivity (Wildman–Crippen MR) is 109 cm³/mol. The van der Waals surface area contributed by atoms with Gasteiger partial charge in [0.1, 0.15) is 0 Å². The first kappa shape index (κ1) is 22.9. The lowest BCUT2D eigenvalue weighted by atomic mass is 10.0. The van der Waals surface area contributed by atoms with Gasteiger partial charge in [-0.3, -0.25) is 10.0 Å². The molecule has 1 atom stereocenters. The summed E-state index contributed by atoms with van der Waals surface area (Å²) in [6, 6.07) is 15.2. The first-order valence-corrected chi connectivity index (χ1v) is 9.70. The summed E-state index contributed by atoms with van der Waals surface area (Å²) in [5.41, 5.74) is 2.77. The van der Waals surface area contributed by atoms with Crippen LogP contribution < -0.4 is 5.48 Å². The van der Waals surface area contributed by atoms with Crippen molar-refractivity contribution in [1.82, 2.24) is 5.48 Å². The minimum absolute atomic E-state index is 0.165. The van der Waals surface area contributed by atoms with Gasteiger partial charge in [-0.15, -0.1) is 0 Å². The molecule has 0 fully saturated rings. The van der Waals surface area contributed by atoms with Gasteiger partial charge in [0.25, 0.3) is 0 Å². The Labute approximate surface area is 172 Å². The first-order valence-electron chi connectivity index (χ1n) is 8.15. The summed E-state index contributed by atoms with van der Waals surface area (Å²) in [6.45, 7) is 2.43. The van der Waals surface area contributed by atoms with Crippen LogP contribution in [0.5, 0.6) is 0 Å². The van der Waals surface area contributed by atoms with Crippen LogP contribution in [-0.4, -0.2) is 23.8 Å². The van der Waals surface area contributed by atoms with Crippen molar-refractivity contribution < 1.29 is 14.7 Å². The van der Waals surface area contributed by atoms with Gasteiger partial charge < -0.3 is 4.74 Å². The topological polar surface area (TPSA) is 58.6 Å². The highest BCUT2D eigenvalue weighted by Crippen LogP contribution is 2.20. The number of nitrogens with one attached hydrogen (secondary N) is 1. The second-order valence-corrected chi connectivity index (χ2v) is 7.09. The van der Waals surface area contributed by atoms with Gasteiger partial charge >= 0.3 is 0 Å². The number of amides is 1. The lowest BCUT2D eigenvalue weighted by molar-refractivity contribution is -0.132. The molecule has 1 amide bonds. The Morgan fingerprint density at radius 2 is 1.85 bits per heavy atom. The molecule has 2 aromatic carbocycles. The average Bonchev–Trinajstić information content (AvgIpc) is 2.64. The highest BCUT2D eigenvalue weighted by molar-refractivity contribution is 9.10. The summed E-state index contributed by atoms with van der Waals surface area (Å²) in [6.07, 6.45) is 1.51. The van der Waals surface area contributed by atoms with Gasteiger partial charge in [-0.25, -0.2) is 5.48 Å². The van der Waals surface area contributed by atoms with Crippen LogP contribution in [0, 0.1) is 0 Å².